The minimum atomic E-state index is -4.46. The first-order valence-corrected chi connectivity index (χ1v) is 11.3. The van der Waals surface area contributed by atoms with Crippen LogP contribution in [0.3, 0.4) is 0 Å². The highest BCUT2D eigenvalue weighted by Gasteiger charge is 2.36. The van der Waals surface area contributed by atoms with Crippen molar-refractivity contribution in [2.45, 2.75) is 50.6 Å². The van der Waals surface area contributed by atoms with E-state index in [0.29, 0.717) is 25.1 Å². The summed E-state index contributed by atoms with van der Waals surface area (Å²) >= 11 is 1.55. The molecule has 2 unspecified atom stereocenters. The molecule has 0 aliphatic carbocycles. The molecule has 2 aliphatic rings. The molecule has 0 N–H and O–H groups in total. The van der Waals surface area contributed by atoms with E-state index in [4.69, 9.17) is 9.82 Å². The summed E-state index contributed by atoms with van der Waals surface area (Å²) in [5.74, 6) is 0.113. The van der Waals surface area contributed by atoms with Crippen LogP contribution in [-0.4, -0.2) is 27.0 Å². The maximum atomic E-state index is 13.0. The monoisotopic (exact) mass is 460 g/mol. The number of piperidine rings is 1. The number of hydrogen-bond acceptors (Lipinski definition) is 5. The van der Waals surface area contributed by atoms with E-state index in [0.717, 1.165) is 34.5 Å². The van der Waals surface area contributed by atoms with Crippen molar-refractivity contribution in [1.82, 2.24) is 20.1 Å². The van der Waals surface area contributed by atoms with E-state index in [1.165, 1.54) is 4.68 Å². The van der Waals surface area contributed by atoms with E-state index in [-0.39, 0.29) is 12.0 Å². The maximum Gasteiger partial charge on any atom is 0.435 e. The van der Waals surface area contributed by atoms with E-state index >= 15 is 0 Å². The molecule has 3 aromatic rings. The van der Waals surface area contributed by atoms with Crippen LogP contribution in [0.4, 0.5) is 13.2 Å². The summed E-state index contributed by atoms with van der Waals surface area (Å²) in [6.45, 7) is 2.19. The predicted molar refractivity (Wildman–Crippen MR) is 114 cm³/mol. The lowest BCUT2D eigenvalue weighted by Gasteiger charge is -2.28. The highest BCUT2D eigenvalue weighted by atomic mass is 32.1. The van der Waals surface area contributed by atoms with E-state index in [1.54, 1.807) is 18.3 Å². The van der Waals surface area contributed by atoms with Crippen molar-refractivity contribution in [3.63, 3.8) is 0 Å². The number of nitrogens with zero attached hydrogens (tertiary/aromatic N) is 5. The van der Waals surface area contributed by atoms with E-state index in [2.05, 4.69) is 15.6 Å². The first-order chi connectivity index (χ1) is 15.4. The van der Waals surface area contributed by atoms with Gasteiger partial charge in [-0.05, 0) is 31.4 Å². The lowest BCUT2D eigenvalue weighted by atomic mass is 9.96. The Bertz CT molecular complexity index is 1120. The number of alkyl halides is 3. The fourth-order valence-corrected chi connectivity index (χ4v) is 5.12. The summed E-state index contributed by atoms with van der Waals surface area (Å²) < 4.78 is 40.5. The quantitative estimate of drug-likeness (QED) is 0.537. The predicted octanol–water partition coefficient (Wildman–Crippen LogP) is 5.21. The average molecular weight is 461 g/mol. The van der Waals surface area contributed by atoms with Crippen molar-refractivity contribution in [1.29, 1.82) is 0 Å². The van der Waals surface area contributed by atoms with Gasteiger partial charge in [0.25, 0.3) is 0 Å². The molecule has 0 saturated carbocycles. The molecule has 10 heteroatoms. The second kappa shape index (κ2) is 8.32. The zero-order valence-corrected chi connectivity index (χ0v) is 18.1. The second-order valence-electron chi connectivity index (χ2n) is 8.04. The molecular weight excluding hydrogens is 439 g/mol. The van der Waals surface area contributed by atoms with Gasteiger partial charge in [0, 0.05) is 30.0 Å². The van der Waals surface area contributed by atoms with Crippen LogP contribution in [0.25, 0.3) is 0 Å². The number of hydrogen-bond donors (Lipinski definition) is 0. The van der Waals surface area contributed by atoms with Gasteiger partial charge in [0.1, 0.15) is 11.9 Å². The summed E-state index contributed by atoms with van der Waals surface area (Å²) in [4.78, 5) is 10.4. The smallest absolute Gasteiger partial charge is 0.387 e. The van der Waals surface area contributed by atoms with Crippen molar-refractivity contribution in [3.05, 3.63) is 69.4 Å². The number of thiazole rings is 1. The van der Waals surface area contributed by atoms with Crippen LogP contribution < -0.4 is 5.32 Å². The minimum absolute atomic E-state index is 0.111. The number of oxime groups is 1. The van der Waals surface area contributed by atoms with Gasteiger partial charge in [-0.25, -0.2) is 10.3 Å². The number of halogens is 3. The lowest BCUT2D eigenvalue weighted by Crippen LogP contribution is -2.31. The molecule has 1 fully saturated rings. The molecule has 0 amide bonds. The molecular formula is C22H21F3N5OS. The van der Waals surface area contributed by atoms with Crippen LogP contribution in [-0.2, 0) is 11.0 Å². The third-order valence-corrected chi connectivity index (χ3v) is 6.82. The molecule has 1 aromatic carbocycles. The fourth-order valence-electron chi connectivity index (χ4n) is 4.14. The van der Waals surface area contributed by atoms with Gasteiger partial charge in [0.2, 0.25) is 0 Å². The zero-order valence-electron chi connectivity index (χ0n) is 17.3. The lowest BCUT2D eigenvalue weighted by molar-refractivity contribution is -0.141. The minimum Gasteiger partial charge on any atom is -0.387 e. The second-order valence-corrected chi connectivity index (χ2v) is 8.93. The standard InChI is InChI=1S/C22H21F3N5OS/c1-13-9-19(22(23,24)25)28-30(13)20-10-15(7-8-26-20)21-27-17(12-32-21)16-11-18(31-29-16)14-5-3-2-4-6-14/h2-6,9,12,15,18,20H,7-8,10-11H2,1H3/t15?,18-,20?/m1/s1. The third-order valence-electron chi connectivity index (χ3n) is 5.82. The van der Waals surface area contributed by atoms with Crippen LogP contribution >= 0.6 is 11.3 Å². The van der Waals surface area contributed by atoms with E-state index in [9.17, 15) is 13.2 Å². The molecule has 6 nitrogen and oxygen atoms in total. The first-order valence-electron chi connectivity index (χ1n) is 10.4. The Kier molecular flexibility index (Phi) is 5.50. The number of rotatable bonds is 4. The Balaban J connectivity index is 1.28. The Morgan fingerprint density at radius 3 is 2.75 bits per heavy atom. The van der Waals surface area contributed by atoms with Crippen molar-refractivity contribution in [2.75, 3.05) is 6.54 Å². The highest BCUT2D eigenvalue weighted by molar-refractivity contribution is 7.10. The van der Waals surface area contributed by atoms with Crippen LogP contribution in [0.2, 0.25) is 0 Å². The van der Waals surface area contributed by atoms with Gasteiger partial charge in [0.05, 0.1) is 10.7 Å². The summed E-state index contributed by atoms with van der Waals surface area (Å²) in [6.07, 6.45) is -2.96. The molecule has 3 atom stereocenters. The number of benzene rings is 1. The molecule has 167 valence electrons. The summed E-state index contributed by atoms with van der Waals surface area (Å²) in [5.41, 5.74) is 2.27. The van der Waals surface area contributed by atoms with Crippen molar-refractivity contribution in [3.8, 4) is 0 Å². The van der Waals surface area contributed by atoms with E-state index in [1.807, 2.05) is 35.7 Å². The molecule has 0 spiro atoms. The topological polar surface area (TPSA) is 66.4 Å². The highest BCUT2D eigenvalue weighted by Crippen LogP contribution is 2.37. The van der Waals surface area contributed by atoms with Gasteiger partial charge in [-0.15, -0.1) is 11.3 Å². The zero-order chi connectivity index (χ0) is 22.3. The summed E-state index contributed by atoms with van der Waals surface area (Å²) in [6, 6.07) is 11.0. The van der Waals surface area contributed by atoms with Gasteiger partial charge in [-0.2, -0.15) is 18.3 Å². The Morgan fingerprint density at radius 2 is 2.00 bits per heavy atom. The third kappa shape index (κ3) is 4.16. The van der Waals surface area contributed by atoms with Gasteiger partial charge >= 0.3 is 6.18 Å². The largest absolute Gasteiger partial charge is 0.435 e. The SMILES string of the molecule is Cc1cc(C(F)(F)F)nn1C1CC(c2nc(C3=NO[C@@H](c4ccccc4)C3)cs2)CC[N]1. The molecule has 2 aromatic heterocycles. The van der Waals surface area contributed by atoms with Crippen LogP contribution in [0.1, 0.15) is 65.1 Å². The maximum absolute atomic E-state index is 13.0. The Labute approximate surface area is 187 Å². The summed E-state index contributed by atoms with van der Waals surface area (Å²) in [5, 5.41) is 15.5. The van der Waals surface area contributed by atoms with Crippen molar-refractivity contribution >= 4 is 17.0 Å². The number of aromatic nitrogens is 3. The van der Waals surface area contributed by atoms with Gasteiger partial charge in [-0.3, -0.25) is 4.68 Å². The fraction of sp³-hybridized carbons (Fsp3) is 0.409. The normalized spacial score (nSPS) is 23.8. The van der Waals surface area contributed by atoms with Gasteiger partial charge in [0.15, 0.2) is 11.8 Å². The van der Waals surface area contributed by atoms with Crippen LogP contribution in [0, 0.1) is 6.92 Å². The van der Waals surface area contributed by atoms with Gasteiger partial charge in [-0.1, -0.05) is 35.5 Å². The molecule has 2 aliphatic heterocycles. The van der Waals surface area contributed by atoms with Gasteiger partial charge < -0.3 is 4.84 Å². The molecule has 1 saturated heterocycles. The summed E-state index contributed by atoms with van der Waals surface area (Å²) in [7, 11) is 0. The molecule has 4 heterocycles. The Hall–Kier alpha value is -2.72. The molecule has 5 rings (SSSR count). The molecule has 0 bridgehead atoms. The molecule has 32 heavy (non-hydrogen) atoms. The van der Waals surface area contributed by atoms with Crippen LogP contribution in [0.15, 0.2) is 46.9 Å². The van der Waals surface area contributed by atoms with Crippen molar-refractivity contribution < 1.29 is 18.0 Å². The van der Waals surface area contributed by atoms with Crippen LogP contribution in [0.5, 0.6) is 0 Å². The average Bonchev–Trinajstić information content (AvgIpc) is 3.53. The first kappa shape index (κ1) is 21.1. The number of aryl methyl sites for hydroxylation is 1. The molecule has 1 radical (unpaired) electrons. The van der Waals surface area contributed by atoms with Crippen molar-refractivity contribution in [2.24, 2.45) is 5.16 Å². The Morgan fingerprint density at radius 1 is 1.19 bits per heavy atom. The van der Waals surface area contributed by atoms with E-state index < -0.39 is 18.0 Å².